The van der Waals surface area contributed by atoms with Gasteiger partial charge in [0.1, 0.15) is 12.7 Å². The van der Waals surface area contributed by atoms with E-state index < -0.39 is 0 Å². The van der Waals surface area contributed by atoms with Gasteiger partial charge in [-0.2, -0.15) is 0 Å². The van der Waals surface area contributed by atoms with Gasteiger partial charge in [-0.05, 0) is 12.1 Å². The molecule has 0 saturated heterocycles. The molecule has 0 atom stereocenters. The van der Waals surface area contributed by atoms with Crippen molar-refractivity contribution >= 4 is 22.1 Å². The molecule has 2 aromatic rings. The molecule has 0 radical (unpaired) electrons. The molecule has 1 aromatic heterocycles. The molecule has 1 aromatic carbocycles. The Balaban J connectivity index is 2.48. The Labute approximate surface area is 89.2 Å². The van der Waals surface area contributed by atoms with Crippen molar-refractivity contribution in [2.75, 3.05) is 0 Å². The summed E-state index contributed by atoms with van der Waals surface area (Å²) in [7, 11) is 0. The van der Waals surface area contributed by atoms with Crippen LogP contribution in [0.1, 0.15) is 5.56 Å². The molecule has 0 amide bonds. The largest absolute Gasteiger partial charge is 0.308 e. The van der Waals surface area contributed by atoms with Gasteiger partial charge in [-0.25, -0.2) is 0 Å². The molecular weight excluding hydrogens is 244 g/mol. The Hall–Kier alpha value is -1.49. The molecule has 0 aliphatic carbocycles. The lowest BCUT2D eigenvalue weighted by Crippen LogP contribution is -1.91. The van der Waals surface area contributed by atoms with Crippen LogP contribution in [0.4, 0.5) is 0 Å². The van der Waals surface area contributed by atoms with E-state index in [1.54, 1.807) is 17.2 Å². The van der Waals surface area contributed by atoms with Gasteiger partial charge >= 0.3 is 0 Å². The zero-order valence-electron chi connectivity index (χ0n) is 7.18. The first kappa shape index (κ1) is 9.08. The Morgan fingerprint density at radius 2 is 2.00 bits per heavy atom. The van der Waals surface area contributed by atoms with Gasteiger partial charge in [-0.3, -0.25) is 4.57 Å². The van der Waals surface area contributed by atoms with E-state index in [2.05, 4.69) is 26.1 Å². The quantitative estimate of drug-likeness (QED) is 0.830. The number of halogens is 1. The standard InChI is InChI=1S/C9H7BrN4/c10-9-3-8(2-1-7(9)4-11)14-5-12-13-6-14/h1-6,11H. The number of benzene rings is 1. The fourth-order valence-corrected chi connectivity index (χ4v) is 1.61. The van der Waals surface area contributed by atoms with Crippen LogP contribution in [0.15, 0.2) is 35.3 Å². The fourth-order valence-electron chi connectivity index (χ4n) is 1.13. The first-order chi connectivity index (χ1) is 6.81. The molecular formula is C9H7BrN4. The van der Waals surface area contributed by atoms with Gasteiger partial charge in [0.15, 0.2) is 0 Å². The molecule has 0 aliphatic rings. The predicted molar refractivity (Wildman–Crippen MR) is 56.9 cm³/mol. The predicted octanol–water partition coefficient (Wildman–Crippen LogP) is 2.03. The van der Waals surface area contributed by atoms with Gasteiger partial charge in [0, 0.05) is 21.9 Å². The molecule has 5 heteroatoms. The molecule has 0 fully saturated rings. The summed E-state index contributed by atoms with van der Waals surface area (Å²) in [6.45, 7) is 0. The molecule has 14 heavy (non-hydrogen) atoms. The summed E-state index contributed by atoms with van der Waals surface area (Å²) < 4.78 is 2.69. The van der Waals surface area contributed by atoms with Crippen molar-refractivity contribution in [1.29, 1.82) is 5.41 Å². The van der Waals surface area contributed by atoms with E-state index in [0.717, 1.165) is 15.7 Å². The minimum atomic E-state index is 0.849. The Morgan fingerprint density at radius 3 is 2.57 bits per heavy atom. The Bertz CT molecular complexity index is 450. The van der Waals surface area contributed by atoms with Gasteiger partial charge in [-0.15, -0.1) is 10.2 Å². The lowest BCUT2D eigenvalue weighted by Gasteiger charge is -2.03. The molecule has 70 valence electrons. The first-order valence-electron chi connectivity index (χ1n) is 3.96. The lowest BCUT2D eigenvalue weighted by atomic mass is 10.2. The van der Waals surface area contributed by atoms with Crippen LogP contribution in [0.3, 0.4) is 0 Å². The minimum Gasteiger partial charge on any atom is -0.308 e. The third-order valence-corrected chi connectivity index (χ3v) is 2.54. The third-order valence-electron chi connectivity index (χ3n) is 1.86. The summed E-state index contributed by atoms with van der Waals surface area (Å²) in [5.74, 6) is 0. The monoisotopic (exact) mass is 250 g/mol. The topological polar surface area (TPSA) is 54.6 Å². The molecule has 0 aliphatic heterocycles. The second kappa shape index (κ2) is 3.71. The highest BCUT2D eigenvalue weighted by Crippen LogP contribution is 2.18. The van der Waals surface area contributed by atoms with E-state index in [-0.39, 0.29) is 0 Å². The first-order valence-corrected chi connectivity index (χ1v) is 4.75. The number of aromatic nitrogens is 3. The SMILES string of the molecule is N=Cc1ccc(-n2cnnc2)cc1Br. The van der Waals surface area contributed by atoms with Crippen LogP contribution in [0.2, 0.25) is 0 Å². The van der Waals surface area contributed by atoms with Crippen LogP contribution in [-0.4, -0.2) is 21.0 Å². The zero-order chi connectivity index (χ0) is 9.97. The summed E-state index contributed by atoms with van der Waals surface area (Å²) >= 11 is 3.39. The van der Waals surface area contributed by atoms with E-state index >= 15 is 0 Å². The van der Waals surface area contributed by atoms with Crippen molar-refractivity contribution in [3.8, 4) is 5.69 Å². The van der Waals surface area contributed by atoms with Crippen molar-refractivity contribution in [2.45, 2.75) is 0 Å². The maximum absolute atomic E-state index is 7.14. The summed E-state index contributed by atoms with van der Waals surface area (Å²) in [6.07, 6.45) is 4.57. The van der Waals surface area contributed by atoms with Crippen molar-refractivity contribution < 1.29 is 0 Å². The lowest BCUT2D eigenvalue weighted by molar-refractivity contribution is 1.05. The van der Waals surface area contributed by atoms with Gasteiger partial charge < -0.3 is 5.41 Å². The molecule has 2 rings (SSSR count). The number of rotatable bonds is 2. The molecule has 0 saturated carbocycles. The summed E-state index contributed by atoms with van der Waals surface area (Å²) in [6, 6.07) is 5.70. The number of nitrogens with zero attached hydrogens (tertiary/aromatic N) is 3. The van der Waals surface area contributed by atoms with Crippen LogP contribution in [0.25, 0.3) is 5.69 Å². The van der Waals surface area contributed by atoms with Gasteiger partial charge in [-0.1, -0.05) is 22.0 Å². The van der Waals surface area contributed by atoms with Crippen molar-refractivity contribution in [1.82, 2.24) is 14.8 Å². The number of hydrogen-bond acceptors (Lipinski definition) is 3. The molecule has 1 N–H and O–H groups in total. The van der Waals surface area contributed by atoms with E-state index in [1.807, 2.05) is 18.2 Å². The summed E-state index contributed by atoms with van der Waals surface area (Å²) in [4.78, 5) is 0. The zero-order valence-corrected chi connectivity index (χ0v) is 8.77. The van der Waals surface area contributed by atoms with Crippen LogP contribution in [0.5, 0.6) is 0 Å². The maximum Gasteiger partial charge on any atom is 0.123 e. The number of nitrogens with one attached hydrogen (secondary N) is 1. The Kier molecular flexibility index (Phi) is 2.41. The Morgan fingerprint density at radius 1 is 1.29 bits per heavy atom. The van der Waals surface area contributed by atoms with E-state index in [0.29, 0.717) is 0 Å². The minimum absolute atomic E-state index is 0.849. The van der Waals surface area contributed by atoms with E-state index in [9.17, 15) is 0 Å². The fraction of sp³-hybridized carbons (Fsp3) is 0. The van der Waals surface area contributed by atoms with Crippen LogP contribution < -0.4 is 0 Å². The van der Waals surface area contributed by atoms with Crippen molar-refractivity contribution in [3.63, 3.8) is 0 Å². The van der Waals surface area contributed by atoms with Crippen molar-refractivity contribution in [2.24, 2.45) is 0 Å². The second-order valence-electron chi connectivity index (χ2n) is 2.72. The number of hydrogen-bond donors (Lipinski definition) is 1. The highest BCUT2D eigenvalue weighted by atomic mass is 79.9. The normalized spacial score (nSPS) is 10.1. The van der Waals surface area contributed by atoms with Gasteiger partial charge in [0.2, 0.25) is 0 Å². The van der Waals surface area contributed by atoms with Gasteiger partial charge in [0.05, 0.1) is 0 Å². The molecule has 1 heterocycles. The molecule has 0 unspecified atom stereocenters. The van der Waals surface area contributed by atoms with Crippen LogP contribution in [0, 0.1) is 5.41 Å². The molecule has 0 spiro atoms. The summed E-state index contributed by atoms with van der Waals surface area (Å²) in [5.41, 5.74) is 1.81. The second-order valence-corrected chi connectivity index (χ2v) is 3.57. The van der Waals surface area contributed by atoms with E-state index in [1.165, 1.54) is 6.21 Å². The highest BCUT2D eigenvalue weighted by molar-refractivity contribution is 9.10. The third kappa shape index (κ3) is 1.58. The van der Waals surface area contributed by atoms with Crippen LogP contribution >= 0.6 is 15.9 Å². The average molecular weight is 251 g/mol. The average Bonchev–Trinajstić information content (AvgIpc) is 2.70. The smallest absolute Gasteiger partial charge is 0.123 e. The van der Waals surface area contributed by atoms with E-state index in [4.69, 9.17) is 5.41 Å². The molecule has 0 bridgehead atoms. The van der Waals surface area contributed by atoms with Gasteiger partial charge in [0.25, 0.3) is 0 Å². The van der Waals surface area contributed by atoms with Crippen LogP contribution in [-0.2, 0) is 0 Å². The van der Waals surface area contributed by atoms with Crippen molar-refractivity contribution in [3.05, 3.63) is 40.9 Å². The molecule has 4 nitrogen and oxygen atoms in total. The highest BCUT2D eigenvalue weighted by Gasteiger charge is 2.00. The maximum atomic E-state index is 7.14. The summed E-state index contributed by atoms with van der Waals surface area (Å²) in [5, 5.41) is 14.6.